The van der Waals surface area contributed by atoms with Gasteiger partial charge in [0.1, 0.15) is 17.9 Å². The second-order valence-electron chi connectivity index (χ2n) is 8.95. The first-order valence-electron chi connectivity index (χ1n) is 9.18. The van der Waals surface area contributed by atoms with E-state index < -0.39 is 44.5 Å². The van der Waals surface area contributed by atoms with E-state index >= 15 is 0 Å². The summed E-state index contributed by atoms with van der Waals surface area (Å²) in [5.74, 6) is -1.80. The molecule has 1 unspecified atom stereocenters. The highest BCUT2D eigenvalue weighted by Gasteiger charge is 2.57. The molecule has 148 valence electrons. The van der Waals surface area contributed by atoms with Gasteiger partial charge in [0.2, 0.25) is 14.7 Å². The summed E-state index contributed by atoms with van der Waals surface area (Å²) in [4.78, 5) is 12.2. The van der Waals surface area contributed by atoms with Crippen LogP contribution in [0.25, 0.3) is 0 Å². The van der Waals surface area contributed by atoms with Crippen molar-refractivity contribution in [3.05, 3.63) is 0 Å². The Kier molecular flexibility index (Phi) is 7.21. The van der Waals surface area contributed by atoms with Crippen molar-refractivity contribution in [2.45, 2.75) is 103 Å². The minimum absolute atomic E-state index is 0.285. The van der Waals surface area contributed by atoms with Gasteiger partial charge in [-0.1, -0.05) is 41.5 Å². The highest BCUT2D eigenvalue weighted by atomic mass is 28.4. The number of carbonyl (C=O) groups is 1. The van der Waals surface area contributed by atoms with E-state index in [-0.39, 0.29) is 16.6 Å². The van der Waals surface area contributed by atoms with Crippen LogP contribution >= 0.6 is 0 Å². The molecular weight excluding hydrogens is 344 g/mol. The summed E-state index contributed by atoms with van der Waals surface area (Å²) in [5, 5.41) is 2.91. The summed E-state index contributed by atoms with van der Waals surface area (Å²) in [6.07, 6.45) is -3.43. The highest BCUT2D eigenvalue weighted by molar-refractivity contribution is 6.77. The standard InChI is InChI=1S/C18H35F2NO3Si/c1-10(2)25(11(3)4,12(5)6)24-16-13(15(19)20)14(21-16)17(22)23-18(7,8)9/h10-16,21H,1-9H3/t13-,14?,16+/m0/s1. The zero-order valence-corrected chi connectivity index (χ0v) is 18.0. The lowest BCUT2D eigenvalue weighted by atomic mass is 9.89. The van der Waals surface area contributed by atoms with Gasteiger partial charge >= 0.3 is 5.97 Å². The summed E-state index contributed by atoms with van der Waals surface area (Å²) >= 11 is 0. The van der Waals surface area contributed by atoms with E-state index in [1.807, 2.05) is 0 Å². The van der Waals surface area contributed by atoms with Crippen molar-refractivity contribution in [1.82, 2.24) is 5.32 Å². The Balaban J connectivity index is 2.98. The molecule has 4 nitrogen and oxygen atoms in total. The van der Waals surface area contributed by atoms with E-state index in [1.165, 1.54) is 0 Å². The maximum absolute atomic E-state index is 13.6. The predicted octanol–water partition coefficient (Wildman–Crippen LogP) is 4.70. The average molecular weight is 380 g/mol. The van der Waals surface area contributed by atoms with Gasteiger partial charge in [0.05, 0.1) is 5.92 Å². The van der Waals surface area contributed by atoms with Crippen LogP contribution in [0.3, 0.4) is 0 Å². The Hall–Kier alpha value is -0.533. The van der Waals surface area contributed by atoms with Gasteiger partial charge in [0.25, 0.3) is 0 Å². The summed E-state index contributed by atoms with van der Waals surface area (Å²) in [6, 6.07) is -1.01. The first kappa shape index (κ1) is 22.5. The molecule has 1 rings (SSSR count). The minimum atomic E-state index is -2.64. The number of carbonyl (C=O) groups excluding carboxylic acids is 1. The molecule has 7 heteroatoms. The van der Waals surface area contributed by atoms with E-state index in [9.17, 15) is 13.6 Å². The number of hydrogen-bond donors (Lipinski definition) is 1. The SMILES string of the molecule is CC(C)[Si](O[C@H]1NC(C(=O)OC(C)(C)C)[C@H]1C(F)F)(C(C)C)C(C)C. The third kappa shape index (κ3) is 4.80. The molecule has 0 amide bonds. The number of ether oxygens (including phenoxy) is 1. The number of alkyl halides is 2. The van der Waals surface area contributed by atoms with Crippen molar-refractivity contribution in [3.63, 3.8) is 0 Å². The Morgan fingerprint density at radius 3 is 1.76 bits per heavy atom. The van der Waals surface area contributed by atoms with Crippen LogP contribution in [0.1, 0.15) is 62.3 Å². The lowest BCUT2D eigenvalue weighted by Crippen LogP contribution is -2.71. The molecule has 1 heterocycles. The summed E-state index contributed by atoms with van der Waals surface area (Å²) < 4.78 is 38.9. The zero-order chi connectivity index (χ0) is 19.7. The Morgan fingerprint density at radius 2 is 1.44 bits per heavy atom. The molecule has 0 bridgehead atoms. The molecule has 0 aromatic rings. The van der Waals surface area contributed by atoms with Crippen molar-refractivity contribution < 1.29 is 22.7 Å². The monoisotopic (exact) mass is 379 g/mol. The highest BCUT2D eigenvalue weighted by Crippen LogP contribution is 2.45. The molecule has 3 atom stereocenters. The van der Waals surface area contributed by atoms with Crippen LogP contribution in [0.5, 0.6) is 0 Å². The van der Waals surface area contributed by atoms with Crippen LogP contribution in [0.4, 0.5) is 8.78 Å². The third-order valence-electron chi connectivity index (χ3n) is 5.07. The lowest BCUT2D eigenvalue weighted by molar-refractivity contribution is -0.178. The van der Waals surface area contributed by atoms with Crippen molar-refractivity contribution in [3.8, 4) is 0 Å². The van der Waals surface area contributed by atoms with Gasteiger partial charge in [-0.2, -0.15) is 0 Å². The molecule has 0 aromatic carbocycles. The normalized spacial score (nSPS) is 25.0. The number of hydrogen-bond acceptors (Lipinski definition) is 4. The van der Waals surface area contributed by atoms with Gasteiger partial charge in [0, 0.05) is 0 Å². The molecule has 1 saturated heterocycles. The van der Waals surface area contributed by atoms with Crippen molar-refractivity contribution in [2.24, 2.45) is 5.92 Å². The van der Waals surface area contributed by atoms with Crippen LogP contribution in [0, 0.1) is 5.92 Å². The van der Waals surface area contributed by atoms with Gasteiger partial charge in [0.15, 0.2) is 0 Å². The van der Waals surface area contributed by atoms with E-state index in [4.69, 9.17) is 9.16 Å². The fraction of sp³-hybridized carbons (Fsp3) is 0.944. The van der Waals surface area contributed by atoms with E-state index in [2.05, 4.69) is 46.9 Å². The molecule has 1 fully saturated rings. The van der Waals surface area contributed by atoms with E-state index in [0.29, 0.717) is 0 Å². The van der Waals surface area contributed by atoms with Crippen molar-refractivity contribution >= 4 is 14.3 Å². The van der Waals surface area contributed by atoms with Crippen LogP contribution in [-0.2, 0) is 14.0 Å². The predicted molar refractivity (Wildman–Crippen MR) is 98.2 cm³/mol. The Bertz CT molecular complexity index is 442. The molecule has 0 aromatic heterocycles. The number of esters is 1. The van der Waals surface area contributed by atoms with E-state index in [1.54, 1.807) is 20.8 Å². The molecule has 1 aliphatic rings. The largest absolute Gasteiger partial charge is 0.459 e. The van der Waals surface area contributed by atoms with Gasteiger partial charge in [-0.05, 0) is 37.4 Å². The van der Waals surface area contributed by atoms with Crippen LogP contribution in [0.2, 0.25) is 16.6 Å². The smallest absolute Gasteiger partial charge is 0.324 e. The molecule has 1 N–H and O–H groups in total. The molecule has 1 aliphatic heterocycles. The average Bonchev–Trinajstić information content (AvgIpc) is 2.33. The number of nitrogens with one attached hydrogen (secondary N) is 1. The maximum Gasteiger partial charge on any atom is 0.324 e. The molecule has 0 saturated carbocycles. The Morgan fingerprint density at radius 1 is 1.00 bits per heavy atom. The maximum atomic E-state index is 13.6. The van der Waals surface area contributed by atoms with Crippen LogP contribution < -0.4 is 5.32 Å². The molecule has 0 aliphatic carbocycles. The first-order valence-corrected chi connectivity index (χ1v) is 11.3. The van der Waals surface area contributed by atoms with Crippen LogP contribution in [0.15, 0.2) is 0 Å². The first-order chi connectivity index (χ1) is 11.2. The molecule has 0 spiro atoms. The summed E-state index contributed by atoms with van der Waals surface area (Å²) in [7, 11) is -2.31. The fourth-order valence-electron chi connectivity index (χ4n) is 4.06. The second kappa shape index (κ2) is 8.01. The minimum Gasteiger partial charge on any atom is -0.459 e. The van der Waals surface area contributed by atoms with Crippen LogP contribution in [-0.4, -0.2) is 38.6 Å². The topological polar surface area (TPSA) is 47.6 Å². The molecular formula is C18H35F2NO3Si. The number of rotatable bonds is 7. The van der Waals surface area contributed by atoms with Gasteiger partial charge in [-0.3, -0.25) is 10.1 Å². The van der Waals surface area contributed by atoms with Crippen molar-refractivity contribution in [2.75, 3.05) is 0 Å². The Labute approximate surface area is 152 Å². The molecule has 25 heavy (non-hydrogen) atoms. The number of halogens is 2. The zero-order valence-electron chi connectivity index (χ0n) is 17.0. The van der Waals surface area contributed by atoms with Gasteiger partial charge in [-0.25, -0.2) is 8.78 Å². The third-order valence-corrected chi connectivity index (χ3v) is 11.1. The second-order valence-corrected chi connectivity index (χ2v) is 14.4. The van der Waals surface area contributed by atoms with Gasteiger partial charge < -0.3 is 9.16 Å². The lowest BCUT2D eigenvalue weighted by Gasteiger charge is -2.52. The van der Waals surface area contributed by atoms with Gasteiger partial charge in [-0.15, -0.1) is 0 Å². The quantitative estimate of drug-likeness (QED) is 0.514. The van der Waals surface area contributed by atoms with E-state index in [0.717, 1.165) is 0 Å². The summed E-state index contributed by atoms with van der Waals surface area (Å²) in [6.45, 7) is 17.8. The van der Waals surface area contributed by atoms with Crippen molar-refractivity contribution in [1.29, 1.82) is 0 Å². The molecule has 0 radical (unpaired) electrons. The summed E-state index contributed by atoms with van der Waals surface area (Å²) in [5.41, 5.74) is 0.151. The fourth-order valence-corrected chi connectivity index (χ4v) is 9.55.